The van der Waals surface area contributed by atoms with Gasteiger partial charge >= 0.3 is 6.09 Å². The van der Waals surface area contributed by atoms with Crippen LogP contribution in [0.15, 0.2) is 12.4 Å². The van der Waals surface area contributed by atoms with E-state index in [0.29, 0.717) is 12.7 Å². The van der Waals surface area contributed by atoms with Gasteiger partial charge in [-0.05, 0) is 27.7 Å². The third kappa shape index (κ3) is 1.62. The van der Waals surface area contributed by atoms with Gasteiger partial charge in [-0.25, -0.2) is 0 Å². The molecule has 0 saturated carbocycles. The van der Waals surface area contributed by atoms with Gasteiger partial charge < -0.3 is 10.0 Å². The maximum atomic E-state index is 11.2. The zero-order chi connectivity index (χ0) is 10.9. The lowest BCUT2D eigenvalue weighted by molar-refractivity contribution is -0.831. The third-order valence-electron chi connectivity index (χ3n) is 2.86. The monoisotopic (exact) mass is 199 g/mol. The van der Waals surface area contributed by atoms with Crippen molar-refractivity contribution in [3.63, 3.8) is 0 Å². The van der Waals surface area contributed by atoms with Crippen molar-refractivity contribution in [2.45, 2.75) is 39.8 Å². The summed E-state index contributed by atoms with van der Waals surface area (Å²) in [6, 6.07) is 0.414. The van der Waals surface area contributed by atoms with Crippen molar-refractivity contribution in [3.05, 3.63) is 12.4 Å². The van der Waals surface area contributed by atoms with Gasteiger partial charge in [0.25, 0.3) is 0 Å². The van der Waals surface area contributed by atoms with Gasteiger partial charge in [0.05, 0.1) is 12.2 Å². The van der Waals surface area contributed by atoms with Crippen LogP contribution in [0.4, 0.5) is 4.79 Å². The molecular formula is C10H19N2O2+. The Balaban J connectivity index is 2.87. The van der Waals surface area contributed by atoms with Gasteiger partial charge in [0.15, 0.2) is 6.67 Å². The van der Waals surface area contributed by atoms with Gasteiger partial charge in [-0.2, -0.15) is 9.28 Å². The number of carbonyl (C=O) groups is 1. The molecule has 1 heterocycles. The summed E-state index contributed by atoms with van der Waals surface area (Å²) in [6.45, 7) is 8.52. The van der Waals surface area contributed by atoms with Gasteiger partial charge in [-0.3, -0.25) is 0 Å². The van der Waals surface area contributed by atoms with E-state index in [4.69, 9.17) is 0 Å². The van der Waals surface area contributed by atoms with Crippen LogP contribution in [-0.2, 0) is 0 Å². The first kappa shape index (κ1) is 11.0. The van der Waals surface area contributed by atoms with Gasteiger partial charge in [-0.15, -0.1) is 0 Å². The van der Waals surface area contributed by atoms with E-state index in [1.807, 2.05) is 24.9 Å². The fourth-order valence-corrected chi connectivity index (χ4v) is 1.59. The average Bonchev–Trinajstić information content (AvgIpc) is 2.48. The predicted molar refractivity (Wildman–Crippen MR) is 54.4 cm³/mol. The quantitative estimate of drug-likeness (QED) is 0.692. The van der Waals surface area contributed by atoms with E-state index in [-0.39, 0.29) is 10.5 Å². The molecule has 0 aromatic carbocycles. The number of quaternary nitrogens is 1. The molecule has 0 bridgehead atoms. The molecule has 14 heavy (non-hydrogen) atoms. The fraction of sp³-hybridized carbons (Fsp3) is 0.700. The Morgan fingerprint density at radius 3 is 2.21 bits per heavy atom. The van der Waals surface area contributed by atoms with Crippen LogP contribution in [-0.4, -0.2) is 39.3 Å². The van der Waals surface area contributed by atoms with Crippen molar-refractivity contribution in [1.29, 1.82) is 0 Å². The molecule has 0 radical (unpaired) electrons. The van der Waals surface area contributed by atoms with Gasteiger partial charge in [0.2, 0.25) is 0 Å². The van der Waals surface area contributed by atoms with Crippen LogP contribution in [0, 0.1) is 0 Å². The molecule has 1 unspecified atom stereocenters. The van der Waals surface area contributed by atoms with E-state index >= 15 is 0 Å². The second kappa shape index (κ2) is 3.61. The second-order valence-electron chi connectivity index (χ2n) is 4.35. The summed E-state index contributed by atoms with van der Waals surface area (Å²) in [4.78, 5) is 13.3. The number of hydrogen-bond donors (Lipinski definition) is 1. The Morgan fingerprint density at radius 1 is 1.43 bits per heavy atom. The maximum absolute atomic E-state index is 11.2. The predicted octanol–water partition coefficient (Wildman–Crippen LogP) is 2.04. The molecule has 1 atom stereocenters. The largest absolute Gasteiger partial charge is 0.520 e. The molecule has 0 fully saturated rings. The SMILES string of the molecule is CC(C)N1C=C[N+](C(=O)O)(C(C)C)C1. The number of rotatable bonds is 2. The summed E-state index contributed by atoms with van der Waals surface area (Å²) in [5, 5.41) is 9.23. The van der Waals surface area contributed by atoms with E-state index in [1.165, 1.54) is 0 Å². The summed E-state index contributed by atoms with van der Waals surface area (Å²) in [6.07, 6.45) is 2.88. The van der Waals surface area contributed by atoms with Gasteiger partial charge in [0.1, 0.15) is 6.20 Å². The second-order valence-corrected chi connectivity index (χ2v) is 4.35. The Labute approximate surface area is 85.0 Å². The van der Waals surface area contributed by atoms with Gasteiger partial charge in [0, 0.05) is 6.04 Å². The van der Waals surface area contributed by atoms with E-state index in [2.05, 4.69) is 13.8 Å². The fourth-order valence-electron chi connectivity index (χ4n) is 1.59. The molecule has 0 saturated heterocycles. The molecule has 80 valence electrons. The molecule has 1 amide bonds. The first-order chi connectivity index (χ1) is 6.40. The highest BCUT2D eigenvalue weighted by Gasteiger charge is 2.43. The number of hydrogen-bond acceptors (Lipinski definition) is 2. The Morgan fingerprint density at radius 2 is 2.00 bits per heavy atom. The van der Waals surface area contributed by atoms with Crippen molar-refractivity contribution in [1.82, 2.24) is 4.90 Å². The van der Waals surface area contributed by atoms with Crippen molar-refractivity contribution in [2.24, 2.45) is 0 Å². The van der Waals surface area contributed by atoms with Crippen LogP contribution in [0.3, 0.4) is 0 Å². The van der Waals surface area contributed by atoms with Crippen molar-refractivity contribution in [2.75, 3.05) is 6.67 Å². The minimum Gasteiger partial charge on any atom is -0.435 e. The normalized spacial score (nSPS) is 26.6. The highest BCUT2D eigenvalue weighted by Crippen LogP contribution is 2.24. The Hall–Kier alpha value is -1.03. The van der Waals surface area contributed by atoms with E-state index in [1.54, 1.807) is 6.20 Å². The van der Waals surface area contributed by atoms with Crippen molar-refractivity contribution < 1.29 is 14.4 Å². The molecule has 0 spiro atoms. The van der Waals surface area contributed by atoms with E-state index < -0.39 is 6.09 Å². The lowest BCUT2D eigenvalue weighted by atomic mass is 10.3. The standard InChI is InChI=1S/C10H18N2O2/c1-8(2)11-5-6-12(7-11,9(3)4)10(13)14/h5-6,8-9H,7H2,1-4H3/p+1. The van der Waals surface area contributed by atoms with Gasteiger partial charge in [-0.1, -0.05) is 0 Å². The smallest absolute Gasteiger partial charge is 0.435 e. The van der Waals surface area contributed by atoms with Crippen LogP contribution in [0.25, 0.3) is 0 Å². The highest BCUT2D eigenvalue weighted by molar-refractivity contribution is 5.58. The van der Waals surface area contributed by atoms with E-state index in [9.17, 15) is 9.90 Å². The molecule has 0 aliphatic carbocycles. The van der Waals surface area contributed by atoms with Crippen molar-refractivity contribution >= 4 is 6.09 Å². The molecule has 0 aromatic rings. The Bertz CT molecular complexity index is 261. The molecule has 4 nitrogen and oxygen atoms in total. The maximum Gasteiger partial charge on any atom is 0.520 e. The summed E-state index contributed by atoms with van der Waals surface area (Å²) >= 11 is 0. The minimum atomic E-state index is -0.778. The lowest BCUT2D eigenvalue weighted by Crippen LogP contribution is -2.54. The number of nitrogens with zero attached hydrogens (tertiary/aromatic N) is 2. The van der Waals surface area contributed by atoms with E-state index in [0.717, 1.165) is 0 Å². The number of amides is 1. The molecular weight excluding hydrogens is 180 g/mol. The van der Waals surface area contributed by atoms with Crippen LogP contribution < -0.4 is 0 Å². The zero-order valence-electron chi connectivity index (χ0n) is 9.27. The molecule has 1 aliphatic heterocycles. The molecule has 0 aromatic heterocycles. The molecule has 1 N–H and O–H groups in total. The first-order valence-corrected chi connectivity index (χ1v) is 4.96. The number of carboxylic acid groups (broad SMARTS) is 1. The van der Waals surface area contributed by atoms with Crippen LogP contribution >= 0.6 is 0 Å². The molecule has 1 rings (SSSR count). The summed E-state index contributed by atoms with van der Waals surface area (Å²) < 4.78 is 0.0121. The molecule has 4 heteroatoms. The van der Waals surface area contributed by atoms with Crippen LogP contribution in [0.1, 0.15) is 27.7 Å². The summed E-state index contributed by atoms with van der Waals surface area (Å²) in [7, 11) is 0. The lowest BCUT2D eigenvalue weighted by Gasteiger charge is -2.32. The van der Waals surface area contributed by atoms with Crippen molar-refractivity contribution in [3.8, 4) is 0 Å². The average molecular weight is 199 g/mol. The zero-order valence-corrected chi connectivity index (χ0v) is 9.27. The van der Waals surface area contributed by atoms with Crippen LogP contribution in [0.2, 0.25) is 0 Å². The minimum absolute atomic E-state index is 0.0121. The summed E-state index contributed by atoms with van der Waals surface area (Å²) in [5.41, 5.74) is 0. The molecule has 1 aliphatic rings. The Kier molecular flexibility index (Phi) is 2.85. The third-order valence-corrected chi connectivity index (χ3v) is 2.86. The topological polar surface area (TPSA) is 40.5 Å². The van der Waals surface area contributed by atoms with Crippen LogP contribution in [0.5, 0.6) is 0 Å². The highest BCUT2D eigenvalue weighted by atomic mass is 16.4. The summed E-state index contributed by atoms with van der Waals surface area (Å²) in [5.74, 6) is 0. The first-order valence-electron chi connectivity index (χ1n) is 4.96.